The summed E-state index contributed by atoms with van der Waals surface area (Å²) in [5, 5.41) is 3.32. The fraction of sp³-hybridized carbons (Fsp3) is 1.00. The molecule has 1 atom stereocenters. The Kier molecular flexibility index (Phi) is 10.9. The van der Waals surface area contributed by atoms with E-state index in [9.17, 15) is 0 Å². The smallest absolute Gasteiger partial charge is 0.0667 e. The minimum atomic E-state index is 0.302. The van der Waals surface area contributed by atoms with Crippen LogP contribution in [0.15, 0.2) is 0 Å². The molecule has 0 fully saturated rings. The van der Waals surface area contributed by atoms with Gasteiger partial charge in [0.15, 0.2) is 0 Å². The van der Waals surface area contributed by atoms with Crippen LogP contribution in [-0.4, -0.2) is 39.5 Å². The second-order valence-electron chi connectivity index (χ2n) is 3.57. The summed E-state index contributed by atoms with van der Waals surface area (Å²) in [4.78, 5) is 0. The van der Waals surface area contributed by atoms with Crippen LogP contribution in [0.3, 0.4) is 0 Å². The van der Waals surface area contributed by atoms with Crippen molar-refractivity contribution in [3.05, 3.63) is 0 Å². The van der Waals surface area contributed by atoms with Crippen LogP contribution in [0.2, 0.25) is 0 Å². The highest BCUT2D eigenvalue weighted by Crippen LogP contribution is 1.89. The summed E-state index contributed by atoms with van der Waals surface area (Å²) in [6.45, 7) is 7.95. The Balaban J connectivity index is 2.92. The average Bonchev–Trinajstić information content (AvgIpc) is 2.21. The highest BCUT2D eigenvalue weighted by Gasteiger charge is 1.96. The molecule has 3 nitrogen and oxygen atoms in total. The van der Waals surface area contributed by atoms with Crippen molar-refractivity contribution >= 4 is 0 Å². The maximum Gasteiger partial charge on any atom is 0.0667 e. The van der Waals surface area contributed by atoms with E-state index < -0.39 is 0 Å². The molecule has 0 aromatic carbocycles. The van der Waals surface area contributed by atoms with Crippen molar-refractivity contribution in [2.75, 3.05) is 33.4 Å². The Labute approximate surface area is 88.2 Å². The molecule has 0 rings (SSSR count). The number of ether oxygens (including phenoxy) is 2. The molecule has 0 aromatic rings. The molecule has 0 radical (unpaired) electrons. The second-order valence-corrected chi connectivity index (χ2v) is 3.57. The molecule has 0 heterocycles. The molecule has 0 bridgehead atoms. The van der Waals surface area contributed by atoms with Crippen molar-refractivity contribution < 1.29 is 9.47 Å². The Morgan fingerprint density at radius 3 is 2.57 bits per heavy atom. The highest BCUT2D eigenvalue weighted by atomic mass is 16.5. The largest absolute Gasteiger partial charge is 0.381 e. The third-order valence-corrected chi connectivity index (χ3v) is 2.12. The van der Waals surface area contributed by atoms with Crippen molar-refractivity contribution in [2.24, 2.45) is 0 Å². The lowest BCUT2D eigenvalue weighted by molar-refractivity contribution is 0.112. The molecular weight excluding hydrogens is 178 g/mol. The van der Waals surface area contributed by atoms with Crippen LogP contribution in [0.1, 0.15) is 33.1 Å². The number of hydrogen-bond acceptors (Lipinski definition) is 3. The van der Waals surface area contributed by atoms with Crippen molar-refractivity contribution in [1.29, 1.82) is 0 Å². The molecule has 86 valence electrons. The predicted octanol–water partition coefficient (Wildman–Crippen LogP) is 1.82. The van der Waals surface area contributed by atoms with E-state index in [4.69, 9.17) is 9.47 Å². The second kappa shape index (κ2) is 11.0. The van der Waals surface area contributed by atoms with Gasteiger partial charge < -0.3 is 14.8 Å². The molecule has 0 amide bonds. The lowest BCUT2D eigenvalue weighted by atomic mass is 10.3. The van der Waals surface area contributed by atoms with Gasteiger partial charge >= 0.3 is 0 Å². The lowest BCUT2D eigenvalue weighted by Gasteiger charge is -2.10. The van der Waals surface area contributed by atoms with Gasteiger partial charge in [-0.15, -0.1) is 0 Å². The van der Waals surface area contributed by atoms with Crippen LogP contribution in [0.5, 0.6) is 0 Å². The van der Waals surface area contributed by atoms with Crippen LogP contribution in [0.4, 0.5) is 0 Å². The van der Waals surface area contributed by atoms with Crippen molar-refractivity contribution in [3.63, 3.8) is 0 Å². The molecule has 0 aliphatic heterocycles. The quantitative estimate of drug-likeness (QED) is 0.549. The summed E-state index contributed by atoms with van der Waals surface area (Å²) in [6.07, 6.45) is 3.77. The summed E-state index contributed by atoms with van der Waals surface area (Å²) < 4.78 is 10.6. The maximum absolute atomic E-state index is 5.44. The number of hydrogen-bond donors (Lipinski definition) is 1. The van der Waals surface area contributed by atoms with Crippen molar-refractivity contribution in [2.45, 2.75) is 39.2 Å². The van der Waals surface area contributed by atoms with Gasteiger partial charge in [0.2, 0.25) is 0 Å². The van der Waals surface area contributed by atoms with Gasteiger partial charge in [0.05, 0.1) is 6.10 Å². The standard InChI is InChI=1S/C11H25NO2/c1-4-5-8-14-9-6-7-12-10-11(2)13-3/h11-12H,4-10H2,1-3H3. The van der Waals surface area contributed by atoms with Crippen LogP contribution in [0, 0.1) is 0 Å². The third kappa shape index (κ3) is 9.96. The fourth-order valence-electron chi connectivity index (χ4n) is 1.04. The van der Waals surface area contributed by atoms with E-state index in [-0.39, 0.29) is 0 Å². The molecule has 14 heavy (non-hydrogen) atoms. The highest BCUT2D eigenvalue weighted by molar-refractivity contribution is 4.54. The van der Waals surface area contributed by atoms with Gasteiger partial charge in [-0.05, 0) is 26.3 Å². The molecular formula is C11H25NO2. The SMILES string of the molecule is CCCCOCCCNCC(C)OC. The van der Waals surface area contributed by atoms with Crippen molar-refractivity contribution in [1.82, 2.24) is 5.32 Å². The average molecular weight is 203 g/mol. The van der Waals surface area contributed by atoms with Crippen LogP contribution in [-0.2, 0) is 9.47 Å². The van der Waals surface area contributed by atoms with E-state index in [1.165, 1.54) is 12.8 Å². The zero-order chi connectivity index (χ0) is 10.6. The summed E-state index contributed by atoms with van der Waals surface area (Å²) in [5.41, 5.74) is 0. The first-order chi connectivity index (χ1) is 6.81. The first kappa shape index (κ1) is 13.9. The van der Waals surface area contributed by atoms with Gasteiger partial charge in [-0.3, -0.25) is 0 Å². The Hall–Kier alpha value is -0.120. The molecule has 3 heteroatoms. The molecule has 0 aromatic heterocycles. The van der Waals surface area contributed by atoms with Crippen molar-refractivity contribution in [3.8, 4) is 0 Å². The number of unbranched alkanes of at least 4 members (excludes halogenated alkanes) is 1. The fourth-order valence-corrected chi connectivity index (χ4v) is 1.04. The normalized spacial score (nSPS) is 13.1. The molecule has 0 saturated carbocycles. The predicted molar refractivity (Wildman–Crippen MR) is 59.7 cm³/mol. The van der Waals surface area contributed by atoms with E-state index in [1.807, 2.05) is 0 Å². The maximum atomic E-state index is 5.44. The minimum Gasteiger partial charge on any atom is -0.381 e. The monoisotopic (exact) mass is 203 g/mol. The molecule has 0 aliphatic carbocycles. The Bertz CT molecular complexity index is 109. The van der Waals surface area contributed by atoms with Crippen LogP contribution < -0.4 is 5.32 Å². The topological polar surface area (TPSA) is 30.5 Å². The molecule has 1 unspecified atom stereocenters. The van der Waals surface area contributed by atoms with E-state index in [0.29, 0.717) is 6.10 Å². The van der Waals surface area contributed by atoms with E-state index in [1.54, 1.807) is 7.11 Å². The first-order valence-electron chi connectivity index (χ1n) is 5.62. The molecule has 1 N–H and O–H groups in total. The van der Waals surface area contributed by atoms with Crippen LogP contribution >= 0.6 is 0 Å². The summed E-state index contributed by atoms with van der Waals surface area (Å²) in [5.74, 6) is 0. The summed E-state index contributed by atoms with van der Waals surface area (Å²) in [7, 11) is 1.74. The molecule has 0 aliphatic rings. The third-order valence-electron chi connectivity index (χ3n) is 2.12. The van der Waals surface area contributed by atoms with E-state index in [0.717, 1.165) is 32.7 Å². The van der Waals surface area contributed by atoms with Gasteiger partial charge in [-0.25, -0.2) is 0 Å². The van der Waals surface area contributed by atoms with E-state index >= 15 is 0 Å². The summed E-state index contributed by atoms with van der Waals surface area (Å²) >= 11 is 0. The van der Waals surface area contributed by atoms with Gasteiger partial charge in [-0.1, -0.05) is 13.3 Å². The van der Waals surface area contributed by atoms with Crippen LogP contribution in [0.25, 0.3) is 0 Å². The minimum absolute atomic E-state index is 0.302. The van der Waals surface area contributed by atoms with Gasteiger partial charge in [0, 0.05) is 26.9 Å². The van der Waals surface area contributed by atoms with Gasteiger partial charge in [0.25, 0.3) is 0 Å². The van der Waals surface area contributed by atoms with Gasteiger partial charge in [-0.2, -0.15) is 0 Å². The molecule has 0 spiro atoms. The van der Waals surface area contributed by atoms with E-state index in [2.05, 4.69) is 19.2 Å². The zero-order valence-corrected chi connectivity index (χ0v) is 9.84. The van der Waals surface area contributed by atoms with Gasteiger partial charge in [0.1, 0.15) is 0 Å². The zero-order valence-electron chi connectivity index (χ0n) is 9.84. The number of methoxy groups -OCH3 is 1. The Morgan fingerprint density at radius 2 is 1.93 bits per heavy atom. The molecule has 0 saturated heterocycles. The lowest BCUT2D eigenvalue weighted by Crippen LogP contribution is -2.27. The summed E-state index contributed by atoms with van der Waals surface area (Å²) in [6, 6.07) is 0. The first-order valence-corrected chi connectivity index (χ1v) is 5.62. The number of nitrogens with one attached hydrogen (secondary N) is 1. The Morgan fingerprint density at radius 1 is 1.21 bits per heavy atom. The number of rotatable bonds is 10.